The van der Waals surface area contributed by atoms with Crippen LogP contribution < -0.4 is 15.4 Å². The fourth-order valence-corrected chi connectivity index (χ4v) is 3.88. The van der Waals surface area contributed by atoms with Gasteiger partial charge in [-0.1, -0.05) is 90.4 Å². The fourth-order valence-electron chi connectivity index (χ4n) is 3.69. The molecule has 0 heterocycles. The van der Waals surface area contributed by atoms with E-state index in [0.29, 0.717) is 29.6 Å². The van der Waals surface area contributed by atoms with Gasteiger partial charge in [0.15, 0.2) is 5.11 Å². The summed E-state index contributed by atoms with van der Waals surface area (Å²) in [7, 11) is 1.63. The summed E-state index contributed by atoms with van der Waals surface area (Å²) in [5, 5.41) is 6.26. The molecular formula is C27H46N2O3S. The molecule has 0 saturated carbocycles. The second kappa shape index (κ2) is 20.9. The van der Waals surface area contributed by atoms with Crippen LogP contribution in [0.2, 0.25) is 0 Å². The summed E-state index contributed by atoms with van der Waals surface area (Å²) in [6.45, 7) is 4.08. The number of ether oxygens (including phenoxy) is 2. The van der Waals surface area contributed by atoms with Gasteiger partial charge in [-0.05, 0) is 42.9 Å². The lowest BCUT2D eigenvalue weighted by molar-refractivity contribution is 0.0976. The van der Waals surface area contributed by atoms with Crippen LogP contribution in [0.3, 0.4) is 0 Å². The van der Waals surface area contributed by atoms with Crippen LogP contribution in [-0.2, 0) is 4.74 Å². The lowest BCUT2D eigenvalue weighted by atomic mass is 10.0. The van der Waals surface area contributed by atoms with Gasteiger partial charge >= 0.3 is 0 Å². The summed E-state index contributed by atoms with van der Waals surface area (Å²) < 4.78 is 10.5. The van der Waals surface area contributed by atoms with Gasteiger partial charge in [0.25, 0.3) is 5.91 Å². The van der Waals surface area contributed by atoms with E-state index in [1.165, 1.54) is 83.5 Å². The van der Waals surface area contributed by atoms with E-state index in [-0.39, 0.29) is 5.91 Å². The number of hydrogen-bond acceptors (Lipinski definition) is 4. The Balaban J connectivity index is 1.96. The summed E-state index contributed by atoms with van der Waals surface area (Å²) in [5.74, 6) is 0.499. The van der Waals surface area contributed by atoms with Crippen LogP contribution >= 0.6 is 12.2 Å². The van der Waals surface area contributed by atoms with Gasteiger partial charge in [-0.2, -0.15) is 0 Å². The molecule has 1 amide bonds. The Bertz CT molecular complexity index is 622. The van der Waals surface area contributed by atoms with Crippen molar-refractivity contribution in [3.05, 3.63) is 29.8 Å². The number of hydrogen-bond donors (Lipinski definition) is 2. The zero-order valence-corrected chi connectivity index (χ0v) is 21.8. The van der Waals surface area contributed by atoms with Gasteiger partial charge < -0.3 is 14.8 Å². The van der Waals surface area contributed by atoms with Gasteiger partial charge in [0.05, 0.1) is 6.61 Å². The molecule has 0 radical (unpaired) electrons. The van der Waals surface area contributed by atoms with E-state index in [9.17, 15) is 4.79 Å². The van der Waals surface area contributed by atoms with Crippen LogP contribution in [0.5, 0.6) is 5.75 Å². The first-order valence-electron chi connectivity index (χ1n) is 13.0. The van der Waals surface area contributed by atoms with Gasteiger partial charge in [0.2, 0.25) is 0 Å². The zero-order chi connectivity index (χ0) is 24.0. The third-order valence-electron chi connectivity index (χ3n) is 5.72. The second-order valence-electron chi connectivity index (χ2n) is 8.67. The largest absolute Gasteiger partial charge is 0.491 e. The standard InChI is InChI=1S/C27H46N2O3S/c1-3-4-5-6-7-8-9-10-11-12-13-14-15-16-21-28-27(33)29-26(30)24-17-19-25(20-18-24)32-23-22-31-2/h17-20H,3-16,21-23H2,1-2H3,(H2,28,29,30,33). The summed E-state index contributed by atoms with van der Waals surface area (Å²) in [6, 6.07) is 7.01. The van der Waals surface area contributed by atoms with Crippen molar-refractivity contribution >= 4 is 23.2 Å². The molecule has 0 fully saturated rings. The Morgan fingerprint density at radius 3 is 1.82 bits per heavy atom. The average molecular weight is 479 g/mol. The fraction of sp³-hybridized carbons (Fsp3) is 0.704. The third kappa shape index (κ3) is 16.6. The van der Waals surface area contributed by atoms with Crippen molar-refractivity contribution in [2.24, 2.45) is 0 Å². The van der Waals surface area contributed by atoms with Crippen LogP contribution in [0.15, 0.2) is 24.3 Å². The molecule has 1 aromatic rings. The van der Waals surface area contributed by atoms with Crippen LogP contribution in [-0.4, -0.2) is 37.9 Å². The Morgan fingerprint density at radius 2 is 1.30 bits per heavy atom. The zero-order valence-electron chi connectivity index (χ0n) is 21.0. The van der Waals surface area contributed by atoms with Gasteiger partial charge in [0.1, 0.15) is 12.4 Å². The lowest BCUT2D eigenvalue weighted by Crippen LogP contribution is -2.39. The summed E-state index contributed by atoms with van der Waals surface area (Å²) in [4.78, 5) is 12.3. The number of methoxy groups -OCH3 is 1. The first-order chi connectivity index (χ1) is 16.2. The molecule has 1 rings (SSSR count). The quantitative estimate of drug-likeness (QED) is 0.159. The highest BCUT2D eigenvalue weighted by Gasteiger charge is 2.07. The molecule has 0 aliphatic carbocycles. The van der Waals surface area contributed by atoms with Crippen LogP contribution in [0.1, 0.15) is 107 Å². The van der Waals surface area contributed by atoms with Crippen LogP contribution in [0.25, 0.3) is 0 Å². The molecule has 0 atom stereocenters. The molecular weight excluding hydrogens is 432 g/mol. The van der Waals surface area contributed by atoms with E-state index in [1.54, 1.807) is 31.4 Å². The summed E-state index contributed by atoms with van der Waals surface area (Å²) in [5.41, 5.74) is 0.551. The number of thiocarbonyl (C=S) groups is 1. The number of nitrogens with one attached hydrogen (secondary N) is 2. The first-order valence-corrected chi connectivity index (χ1v) is 13.4. The van der Waals surface area contributed by atoms with Gasteiger partial charge in [0, 0.05) is 19.2 Å². The molecule has 0 spiro atoms. The topological polar surface area (TPSA) is 59.6 Å². The monoisotopic (exact) mass is 478 g/mol. The van der Waals surface area contributed by atoms with E-state index in [1.807, 2.05) is 0 Å². The van der Waals surface area contributed by atoms with Crippen molar-refractivity contribution in [3.63, 3.8) is 0 Å². The predicted molar refractivity (Wildman–Crippen MR) is 142 cm³/mol. The molecule has 0 aliphatic heterocycles. The minimum Gasteiger partial charge on any atom is -0.491 e. The number of carbonyl (C=O) groups excluding carboxylic acids is 1. The molecule has 5 nitrogen and oxygen atoms in total. The van der Waals surface area contributed by atoms with Gasteiger partial charge in [-0.25, -0.2) is 0 Å². The van der Waals surface area contributed by atoms with E-state index in [4.69, 9.17) is 21.7 Å². The van der Waals surface area contributed by atoms with Crippen molar-refractivity contribution < 1.29 is 14.3 Å². The predicted octanol–water partition coefficient (Wildman–Crippen LogP) is 6.80. The maximum absolute atomic E-state index is 12.3. The number of benzene rings is 1. The van der Waals surface area contributed by atoms with Crippen LogP contribution in [0.4, 0.5) is 0 Å². The SMILES string of the molecule is CCCCCCCCCCCCCCCCNC(=S)NC(=O)c1ccc(OCCOC)cc1. The third-order valence-corrected chi connectivity index (χ3v) is 5.96. The molecule has 0 saturated heterocycles. The molecule has 2 N–H and O–H groups in total. The maximum Gasteiger partial charge on any atom is 0.257 e. The smallest absolute Gasteiger partial charge is 0.257 e. The number of carbonyl (C=O) groups is 1. The van der Waals surface area contributed by atoms with E-state index >= 15 is 0 Å². The van der Waals surface area contributed by atoms with Crippen LogP contribution in [0, 0.1) is 0 Å². The highest BCUT2D eigenvalue weighted by atomic mass is 32.1. The molecule has 0 aromatic heterocycles. The van der Waals surface area contributed by atoms with E-state index in [0.717, 1.165) is 13.0 Å². The minimum atomic E-state index is -0.211. The Labute approximate surface area is 207 Å². The summed E-state index contributed by atoms with van der Waals surface area (Å²) >= 11 is 5.24. The normalized spacial score (nSPS) is 10.7. The van der Waals surface area contributed by atoms with Crippen molar-refractivity contribution in [2.45, 2.75) is 96.8 Å². The Kier molecular flexibility index (Phi) is 18.6. The van der Waals surface area contributed by atoms with Crippen molar-refractivity contribution in [1.29, 1.82) is 0 Å². The molecule has 0 bridgehead atoms. The van der Waals surface area contributed by atoms with Crippen molar-refractivity contribution in [1.82, 2.24) is 10.6 Å². The molecule has 0 aliphatic rings. The highest BCUT2D eigenvalue weighted by Crippen LogP contribution is 2.13. The maximum atomic E-state index is 12.3. The highest BCUT2D eigenvalue weighted by molar-refractivity contribution is 7.80. The number of rotatable bonds is 20. The molecule has 6 heteroatoms. The minimum absolute atomic E-state index is 0.211. The molecule has 188 valence electrons. The van der Waals surface area contributed by atoms with E-state index < -0.39 is 0 Å². The number of unbranched alkanes of at least 4 members (excludes halogenated alkanes) is 13. The van der Waals surface area contributed by atoms with Gasteiger partial charge in [-0.3, -0.25) is 10.1 Å². The number of amides is 1. The first kappa shape index (κ1) is 29.4. The second-order valence-corrected chi connectivity index (χ2v) is 9.08. The Morgan fingerprint density at radius 1 is 0.788 bits per heavy atom. The van der Waals surface area contributed by atoms with Gasteiger partial charge in [-0.15, -0.1) is 0 Å². The molecule has 1 aromatic carbocycles. The Hall–Kier alpha value is -1.66. The molecule has 0 unspecified atom stereocenters. The van der Waals surface area contributed by atoms with Crippen molar-refractivity contribution in [2.75, 3.05) is 26.9 Å². The van der Waals surface area contributed by atoms with Crippen molar-refractivity contribution in [3.8, 4) is 5.75 Å². The molecule has 33 heavy (non-hydrogen) atoms. The average Bonchev–Trinajstić information content (AvgIpc) is 2.82. The summed E-state index contributed by atoms with van der Waals surface area (Å²) in [6.07, 6.45) is 18.8. The lowest BCUT2D eigenvalue weighted by Gasteiger charge is -2.10. The van der Waals surface area contributed by atoms with E-state index in [2.05, 4.69) is 17.6 Å².